The van der Waals surface area contributed by atoms with Gasteiger partial charge >= 0.3 is 0 Å². The Bertz CT molecular complexity index is 385. The summed E-state index contributed by atoms with van der Waals surface area (Å²) >= 11 is 0. The van der Waals surface area contributed by atoms with Crippen LogP contribution in [-0.4, -0.2) is 56.3 Å². The van der Waals surface area contributed by atoms with Crippen LogP contribution in [0.15, 0.2) is 24.3 Å². The number of rotatable bonds is 6. The first-order valence-electron chi connectivity index (χ1n) is 7.57. The molecule has 4 nitrogen and oxygen atoms in total. The summed E-state index contributed by atoms with van der Waals surface area (Å²) in [5, 5.41) is 2.35. The first-order chi connectivity index (χ1) is 9.72. The molecular formula is C16H27N3O. The molecule has 0 aromatic heterocycles. The zero-order chi connectivity index (χ0) is 14.4. The number of hydrazine groups is 1. The zero-order valence-corrected chi connectivity index (χ0v) is 12.9. The molecule has 1 aliphatic heterocycles. The molecule has 1 fully saturated rings. The van der Waals surface area contributed by atoms with Gasteiger partial charge in [-0.25, -0.2) is 5.01 Å². The summed E-state index contributed by atoms with van der Waals surface area (Å²) in [5.41, 5.74) is 4.92. The Hall–Kier alpha value is -1.10. The normalized spacial score (nSPS) is 18.9. The van der Waals surface area contributed by atoms with E-state index in [0.29, 0.717) is 5.92 Å². The Balaban J connectivity index is 1.75. The second-order valence-corrected chi connectivity index (χ2v) is 5.46. The van der Waals surface area contributed by atoms with E-state index in [4.69, 9.17) is 4.74 Å². The standard InChI is InChI=1S/C16H27N3O/c1-4-18-9-11-19(12-10-18)17-13-14(2)15-5-7-16(20-3)8-6-15/h5-8,14,17H,4,9-13H2,1-3H3. The van der Waals surface area contributed by atoms with E-state index in [-0.39, 0.29) is 0 Å². The van der Waals surface area contributed by atoms with Gasteiger partial charge < -0.3 is 9.64 Å². The highest BCUT2D eigenvalue weighted by Crippen LogP contribution is 2.18. The summed E-state index contributed by atoms with van der Waals surface area (Å²) in [6.45, 7) is 11.2. The number of methoxy groups -OCH3 is 1. The highest BCUT2D eigenvalue weighted by atomic mass is 16.5. The van der Waals surface area contributed by atoms with Crippen molar-refractivity contribution in [1.29, 1.82) is 0 Å². The van der Waals surface area contributed by atoms with Crippen LogP contribution in [0.25, 0.3) is 0 Å². The van der Waals surface area contributed by atoms with E-state index < -0.39 is 0 Å². The lowest BCUT2D eigenvalue weighted by Gasteiger charge is -2.34. The van der Waals surface area contributed by atoms with Gasteiger partial charge in [0, 0.05) is 32.7 Å². The van der Waals surface area contributed by atoms with Gasteiger partial charge in [0.05, 0.1) is 7.11 Å². The fourth-order valence-electron chi connectivity index (χ4n) is 2.54. The smallest absolute Gasteiger partial charge is 0.118 e. The highest BCUT2D eigenvalue weighted by molar-refractivity contribution is 5.29. The Morgan fingerprint density at radius 2 is 1.80 bits per heavy atom. The number of hydrogen-bond donors (Lipinski definition) is 1. The van der Waals surface area contributed by atoms with Gasteiger partial charge in [0.15, 0.2) is 0 Å². The van der Waals surface area contributed by atoms with E-state index in [1.165, 1.54) is 18.7 Å². The van der Waals surface area contributed by atoms with E-state index in [0.717, 1.165) is 31.9 Å². The molecule has 1 aromatic carbocycles. The summed E-state index contributed by atoms with van der Waals surface area (Å²) in [5.74, 6) is 1.43. The van der Waals surface area contributed by atoms with Crippen molar-refractivity contribution in [2.45, 2.75) is 19.8 Å². The van der Waals surface area contributed by atoms with Crippen molar-refractivity contribution in [3.05, 3.63) is 29.8 Å². The third kappa shape index (κ3) is 4.20. The summed E-state index contributed by atoms with van der Waals surface area (Å²) in [6, 6.07) is 8.37. The van der Waals surface area contributed by atoms with Crippen molar-refractivity contribution in [2.24, 2.45) is 0 Å². The first kappa shape index (κ1) is 15.3. The maximum Gasteiger partial charge on any atom is 0.118 e. The topological polar surface area (TPSA) is 27.7 Å². The van der Waals surface area contributed by atoms with Crippen LogP contribution in [-0.2, 0) is 0 Å². The average Bonchev–Trinajstić information content (AvgIpc) is 2.53. The fraction of sp³-hybridized carbons (Fsp3) is 0.625. The molecular weight excluding hydrogens is 250 g/mol. The van der Waals surface area contributed by atoms with Crippen LogP contribution in [0.1, 0.15) is 25.3 Å². The minimum atomic E-state index is 0.505. The van der Waals surface area contributed by atoms with Crippen molar-refractivity contribution in [1.82, 2.24) is 15.3 Å². The molecule has 1 saturated heterocycles. The van der Waals surface area contributed by atoms with Crippen LogP contribution in [0.5, 0.6) is 5.75 Å². The largest absolute Gasteiger partial charge is 0.497 e. The highest BCUT2D eigenvalue weighted by Gasteiger charge is 2.15. The summed E-state index contributed by atoms with van der Waals surface area (Å²) in [6.07, 6.45) is 0. The maximum atomic E-state index is 5.20. The second-order valence-electron chi connectivity index (χ2n) is 5.46. The lowest BCUT2D eigenvalue weighted by molar-refractivity contribution is 0.0913. The molecule has 20 heavy (non-hydrogen) atoms. The molecule has 1 aromatic rings. The number of piperazine rings is 1. The molecule has 0 bridgehead atoms. The lowest BCUT2D eigenvalue weighted by Crippen LogP contribution is -2.52. The van der Waals surface area contributed by atoms with Crippen LogP contribution in [0.2, 0.25) is 0 Å². The first-order valence-corrected chi connectivity index (χ1v) is 7.57. The molecule has 0 saturated carbocycles. The molecule has 4 heteroatoms. The molecule has 112 valence electrons. The molecule has 0 aliphatic carbocycles. The molecule has 0 spiro atoms. The molecule has 1 atom stereocenters. The Labute approximate surface area is 122 Å². The lowest BCUT2D eigenvalue weighted by atomic mass is 10.0. The van der Waals surface area contributed by atoms with Gasteiger partial charge in [0.1, 0.15) is 5.75 Å². The van der Waals surface area contributed by atoms with E-state index >= 15 is 0 Å². The van der Waals surface area contributed by atoms with Crippen LogP contribution >= 0.6 is 0 Å². The predicted octanol–water partition coefficient (Wildman–Crippen LogP) is 1.94. The molecule has 1 N–H and O–H groups in total. The number of ether oxygens (including phenoxy) is 1. The van der Waals surface area contributed by atoms with Gasteiger partial charge in [-0.3, -0.25) is 5.43 Å². The van der Waals surface area contributed by atoms with Crippen LogP contribution < -0.4 is 10.2 Å². The average molecular weight is 277 g/mol. The SMILES string of the molecule is CCN1CCN(NCC(C)c2ccc(OC)cc2)CC1. The van der Waals surface area contributed by atoms with Crippen LogP contribution in [0.4, 0.5) is 0 Å². The van der Waals surface area contributed by atoms with E-state index in [1.54, 1.807) is 7.11 Å². The van der Waals surface area contributed by atoms with Gasteiger partial charge in [0.2, 0.25) is 0 Å². The van der Waals surface area contributed by atoms with E-state index in [2.05, 4.69) is 41.3 Å². The van der Waals surface area contributed by atoms with Crippen molar-refractivity contribution in [3.63, 3.8) is 0 Å². The third-order valence-electron chi connectivity index (χ3n) is 4.13. The summed E-state index contributed by atoms with van der Waals surface area (Å²) in [4.78, 5) is 2.49. The molecule has 1 aliphatic rings. The summed E-state index contributed by atoms with van der Waals surface area (Å²) < 4.78 is 5.20. The van der Waals surface area contributed by atoms with Crippen LogP contribution in [0, 0.1) is 0 Å². The van der Waals surface area contributed by atoms with Crippen molar-refractivity contribution < 1.29 is 4.74 Å². The summed E-state index contributed by atoms with van der Waals surface area (Å²) in [7, 11) is 1.70. The zero-order valence-electron chi connectivity index (χ0n) is 12.9. The molecule has 0 radical (unpaired) electrons. The molecule has 0 amide bonds. The number of likely N-dealkylation sites (N-methyl/N-ethyl adjacent to an activating group) is 1. The maximum absolute atomic E-state index is 5.20. The number of nitrogens with one attached hydrogen (secondary N) is 1. The molecule has 1 heterocycles. The van der Waals surface area contributed by atoms with Crippen molar-refractivity contribution >= 4 is 0 Å². The van der Waals surface area contributed by atoms with Gasteiger partial charge in [-0.2, -0.15) is 0 Å². The van der Waals surface area contributed by atoms with E-state index in [1.807, 2.05) is 12.1 Å². The van der Waals surface area contributed by atoms with Crippen LogP contribution in [0.3, 0.4) is 0 Å². The second kappa shape index (κ2) is 7.62. The number of hydrogen-bond acceptors (Lipinski definition) is 4. The van der Waals surface area contributed by atoms with Crippen molar-refractivity contribution in [3.8, 4) is 5.75 Å². The Morgan fingerprint density at radius 1 is 1.15 bits per heavy atom. The minimum absolute atomic E-state index is 0.505. The van der Waals surface area contributed by atoms with E-state index in [9.17, 15) is 0 Å². The molecule has 2 rings (SSSR count). The van der Waals surface area contributed by atoms with Gasteiger partial charge in [-0.05, 0) is 30.2 Å². The van der Waals surface area contributed by atoms with Crippen molar-refractivity contribution in [2.75, 3.05) is 46.4 Å². The number of nitrogens with zero attached hydrogens (tertiary/aromatic N) is 2. The monoisotopic (exact) mass is 277 g/mol. The Kier molecular flexibility index (Phi) is 5.83. The Morgan fingerprint density at radius 3 is 2.35 bits per heavy atom. The fourth-order valence-corrected chi connectivity index (χ4v) is 2.54. The minimum Gasteiger partial charge on any atom is -0.497 e. The molecule has 1 unspecified atom stereocenters. The van der Waals surface area contributed by atoms with Gasteiger partial charge in [-0.1, -0.05) is 26.0 Å². The quantitative estimate of drug-likeness (QED) is 0.860. The third-order valence-corrected chi connectivity index (χ3v) is 4.13. The predicted molar refractivity (Wildman–Crippen MR) is 83.1 cm³/mol. The van der Waals surface area contributed by atoms with Gasteiger partial charge in [-0.15, -0.1) is 0 Å². The number of benzene rings is 1. The van der Waals surface area contributed by atoms with Gasteiger partial charge in [0.25, 0.3) is 0 Å².